The molecule has 0 amide bonds. The highest BCUT2D eigenvalue weighted by atomic mass is 15.3. The molecule has 0 atom stereocenters. The van der Waals surface area contributed by atoms with Crippen molar-refractivity contribution in [1.29, 1.82) is 5.26 Å². The standard InChI is InChI=1S/C22H16N6/c1-24-22-16-28(19-10-6-3-7-11-19)26-21(22)13-12-20-17(14-23)15-27(25-20)18-8-4-2-5-9-18/h2-11,15-16H,12-13H2. The Labute approximate surface area is 162 Å². The number of aryl methyl sites for hydroxylation is 2. The Morgan fingerprint density at radius 2 is 1.36 bits per heavy atom. The van der Waals surface area contributed by atoms with Gasteiger partial charge in [0.2, 0.25) is 5.69 Å². The van der Waals surface area contributed by atoms with E-state index in [9.17, 15) is 5.26 Å². The van der Waals surface area contributed by atoms with Crippen molar-refractivity contribution < 1.29 is 0 Å². The average Bonchev–Trinajstić information content (AvgIpc) is 3.37. The zero-order chi connectivity index (χ0) is 19.3. The Morgan fingerprint density at radius 3 is 1.93 bits per heavy atom. The van der Waals surface area contributed by atoms with Gasteiger partial charge in [0.1, 0.15) is 6.07 Å². The largest absolute Gasteiger partial charge is 0.252 e. The van der Waals surface area contributed by atoms with Gasteiger partial charge in [0, 0.05) is 12.4 Å². The van der Waals surface area contributed by atoms with Crippen molar-refractivity contribution in [3.63, 3.8) is 0 Å². The van der Waals surface area contributed by atoms with Crippen LogP contribution in [0.4, 0.5) is 5.69 Å². The molecule has 134 valence electrons. The van der Waals surface area contributed by atoms with Crippen LogP contribution in [-0.4, -0.2) is 19.6 Å². The summed E-state index contributed by atoms with van der Waals surface area (Å²) in [6.07, 6.45) is 4.56. The van der Waals surface area contributed by atoms with Crippen LogP contribution in [0.25, 0.3) is 16.2 Å². The molecule has 28 heavy (non-hydrogen) atoms. The van der Waals surface area contributed by atoms with Crippen LogP contribution in [0.15, 0.2) is 73.1 Å². The quantitative estimate of drug-likeness (QED) is 0.497. The molecule has 2 aromatic carbocycles. The van der Waals surface area contributed by atoms with Crippen molar-refractivity contribution in [3.8, 4) is 17.4 Å². The van der Waals surface area contributed by atoms with E-state index < -0.39 is 0 Å². The zero-order valence-corrected chi connectivity index (χ0v) is 15.0. The van der Waals surface area contributed by atoms with Gasteiger partial charge in [-0.3, -0.25) is 4.68 Å². The van der Waals surface area contributed by atoms with Crippen LogP contribution in [0, 0.1) is 17.9 Å². The topological polar surface area (TPSA) is 63.8 Å². The molecule has 6 heteroatoms. The zero-order valence-electron chi connectivity index (χ0n) is 15.0. The minimum atomic E-state index is 0.518. The first-order valence-electron chi connectivity index (χ1n) is 8.84. The highest BCUT2D eigenvalue weighted by Gasteiger charge is 2.14. The van der Waals surface area contributed by atoms with E-state index in [1.807, 2.05) is 60.7 Å². The van der Waals surface area contributed by atoms with Crippen molar-refractivity contribution in [3.05, 3.63) is 101 Å². The molecule has 0 aliphatic heterocycles. The third kappa shape index (κ3) is 3.40. The summed E-state index contributed by atoms with van der Waals surface area (Å²) in [5.74, 6) is 0. The summed E-state index contributed by atoms with van der Waals surface area (Å²) in [6.45, 7) is 7.44. The predicted molar refractivity (Wildman–Crippen MR) is 106 cm³/mol. The molecule has 0 aliphatic carbocycles. The second-order valence-electron chi connectivity index (χ2n) is 6.23. The van der Waals surface area contributed by atoms with Crippen molar-refractivity contribution >= 4 is 5.69 Å². The molecule has 2 aromatic heterocycles. The first-order valence-corrected chi connectivity index (χ1v) is 8.84. The van der Waals surface area contributed by atoms with Crippen molar-refractivity contribution in [2.24, 2.45) is 0 Å². The maximum Gasteiger partial charge on any atom is 0.227 e. The minimum Gasteiger partial charge on any atom is -0.252 e. The lowest BCUT2D eigenvalue weighted by atomic mass is 10.1. The Kier molecular flexibility index (Phi) is 4.69. The Balaban J connectivity index is 1.58. The molecular weight excluding hydrogens is 348 g/mol. The first-order chi connectivity index (χ1) is 13.8. The van der Waals surface area contributed by atoms with Crippen LogP contribution >= 0.6 is 0 Å². The predicted octanol–water partition coefficient (Wildman–Crippen LogP) is 4.27. The van der Waals surface area contributed by atoms with Crippen LogP contribution in [-0.2, 0) is 12.8 Å². The van der Waals surface area contributed by atoms with E-state index in [0.29, 0.717) is 35.5 Å². The minimum absolute atomic E-state index is 0.518. The maximum absolute atomic E-state index is 9.46. The van der Waals surface area contributed by atoms with Crippen molar-refractivity contribution in [2.45, 2.75) is 12.8 Å². The van der Waals surface area contributed by atoms with Crippen molar-refractivity contribution in [2.75, 3.05) is 0 Å². The van der Waals surface area contributed by atoms with E-state index in [4.69, 9.17) is 6.57 Å². The van der Waals surface area contributed by atoms with E-state index in [2.05, 4.69) is 21.1 Å². The Hall–Kier alpha value is -4.16. The van der Waals surface area contributed by atoms with Gasteiger partial charge in [0.25, 0.3) is 0 Å². The van der Waals surface area contributed by atoms with Crippen LogP contribution in [0.3, 0.4) is 0 Å². The summed E-state index contributed by atoms with van der Waals surface area (Å²) < 4.78 is 3.43. The van der Waals surface area contributed by atoms with Crippen molar-refractivity contribution in [1.82, 2.24) is 19.6 Å². The Bertz CT molecular complexity index is 1080. The van der Waals surface area contributed by atoms with Gasteiger partial charge < -0.3 is 0 Å². The van der Waals surface area contributed by atoms with E-state index in [0.717, 1.165) is 11.4 Å². The van der Waals surface area contributed by atoms with Crippen LogP contribution in [0.2, 0.25) is 0 Å². The molecule has 0 unspecified atom stereocenters. The lowest BCUT2D eigenvalue weighted by Gasteiger charge is -2.01. The molecular formula is C22H16N6. The maximum atomic E-state index is 9.46. The lowest BCUT2D eigenvalue weighted by molar-refractivity contribution is 0.785. The second-order valence-corrected chi connectivity index (χ2v) is 6.23. The number of rotatable bonds is 5. The normalized spacial score (nSPS) is 10.4. The number of benzene rings is 2. The number of hydrogen-bond acceptors (Lipinski definition) is 3. The first kappa shape index (κ1) is 17.3. The molecule has 2 heterocycles. The molecule has 0 saturated carbocycles. The smallest absolute Gasteiger partial charge is 0.227 e. The van der Waals surface area contributed by atoms with E-state index >= 15 is 0 Å². The van der Waals surface area contributed by atoms with Gasteiger partial charge in [-0.15, -0.1) is 0 Å². The highest BCUT2D eigenvalue weighted by molar-refractivity contribution is 5.50. The fourth-order valence-electron chi connectivity index (χ4n) is 3.02. The SMILES string of the molecule is [C-]#[N+]c1cn(-c2ccccc2)nc1CCc1nn(-c2ccccc2)cc1C#N. The molecule has 0 fully saturated rings. The van der Waals surface area contributed by atoms with E-state index in [1.165, 1.54) is 0 Å². The monoisotopic (exact) mass is 364 g/mol. The fraction of sp³-hybridized carbons (Fsp3) is 0.0909. The van der Waals surface area contributed by atoms with Gasteiger partial charge in [-0.2, -0.15) is 15.5 Å². The fourth-order valence-corrected chi connectivity index (χ4v) is 3.02. The molecule has 0 saturated heterocycles. The third-order valence-corrected chi connectivity index (χ3v) is 4.44. The van der Waals surface area contributed by atoms with E-state index in [-0.39, 0.29) is 0 Å². The molecule has 0 spiro atoms. The van der Waals surface area contributed by atoms with Crippen LogP contribution in [0.1, 0.15) is 17.0 Å². The summed E-state index contributed by atoms with van der Waals surface area (Å²) in [6, 6.07) is 21.6. The molecule has 0 bridgehead atoms. The van der Waals surface area contributed by atoms with Gasteiger partial charge in [0.15, 0.2) is 0 Å². The number of para-hydroxylation sites is 2. The lowest BCUT2D eigenvalue weighted by Crippen LogP contribution is -2.00. The second kappa shape index (κ2) is 7.61. The van der Waals surface area contributed by atoms with Gasteiger partial charge >= 0.3 is 0 Å². The average molecular weight is 364 g/mol. The Morgan fingerprint density at radius 1 is 0.821 bits per heavy atom. The van der Waals surface area contributed by atoms with Gasteiger partial charge in [0.05, 0.1) is 34.9 Å². The summed E-state index contributed by atoms with van der Waals surface area (Å²) in [5, 5.41) is 18.6. The molecule has 0 radical (unpaired) electrons. The highest BCUT2D eigenvalue weighted by Crippen LogP contribution is 2.22. The van der Waals surface area contributed by atoms with Gasteiger partial charge in [-0.1, -0.05) is 36.4 Å². The summed E-state index contributed by atoms with van der Waals surface area (Å²) >= 11 is 0. The summed E-state index contributed by atoms with van der Waals surface area (Å²) in [4.78, 5) is 3.60. The summed E-state index contributed by atoms with van der Waals surface area (Å²) in [7, 11) is 0. The number of nitrogens with zero attached hydrogens (tertiary/aromatic N) is 6. The molecule has 4 aromatic rings. The molecule has 4 rings (SSSR count). The molecule has 0 aliphatic rings. The number of aromatic nitrogens is 4. The number of nitriles is 1. The van der Waals surface area contributed by atoms with Crippen LogP contribution < -0.4 is 0 Å². The van der Waals surface area contributed by atoms with Gasteiger partial charge in [-0.05, 0) is 37.1 Å². The molecule has 0 N–H and O–H groups in total. The van der Waals surface area contributed by atoms with Crippen LogP contribution in [0.5, 0.6) is 0 Å². The molecule has 6 nitrogen and oxygen atoms in total. The van der Waals surface area contributed by atoms with Gasteiger partial charge in [-0.25, -0.2) is 9.53 Å². The number of hydrogen-bond donors (Lipinski definition) is 0. The third-order valence-electron chi connectivity index (χ3n) is 4.44. The van der Waals surface area contributed by atoms with E-state index in [1.54, 1.807) is 21.8 Å². The summed E-state index contributed by atoms with van der Waals surface area (Å²) in [5.41, 5.74) is 4.28.